The summed E-state index contributed by atoms with van der Waals surface area (Å²) in [6, 6.07) is 13.4. The van der Waals surface area contributed by atoms with Gasteiger partial charge in [0.25, 0.3) is 5.91 Å². The molecule has 3 heterocycles. The molecule has 0 unspecified atom stereocenters. The Morgan fingerprint density at radius 1 is 1.00 bits per heavy atom. The molecule has 7 rings (SSSR count). The molecule has 51 heavy (non-hydrogen) atoms. The van der Waals surface area contributed by atoms with Crippen LogP contribution in [0.5, 0.6) is 0 Å². The lowest BCUT2D eigenvalue weighted by atomic mass is 9.87. The monoisotopic (exact) mass is 698 g/mol. The molecule has 3 atom stereocenters. The van der Waals surface area contributed by atoms with Crippen LogP contribution >= 0.6 is 0 Å². The van der Waals surface area contributed by atoms with Crippen LogP contribution in [0.25, 0.3) is 17.0 Å². The number of fused-ring (bicyclic) bond motifs is 1. The highest BCUT2D eigenvalue weighted by Gasteiger charge is 2.40. The zero-order chi connectivity index (χ0) is 35.6. The summed E-state index contributed by atoms with van der Waals surface area (Å²) in [6.07, 6.45) is 11.4. The number of nitrogens with one attached hydrogen (secondary N) is 2. The smallest absolute Gasteiger partial charge is 0.270 e. The van der Waals surface area contributed by atoms with Crippen LogP contribution in [-0.2, 0) is 9.59 Å². The number of hydrogen-bond acceptors (Lipinski definition) is 6. The van der Waals surface area contributed by atoms with Gasteiger partial charge in [0.2, 0.25) is 11.8 Å². The van der Waals surface area contributed by atoms with Gasteiger partial charge < -0.3 is 25.3 Å². The summed E-state index contributed by atoms with van der Waals surface area (Å²) >= 11 is 0. The average molecular weight is 699 g/mol. The van der Waals surface area contributed by atoms with Gasteiger partial charge in [-0.2, -0.15) is 0 Å². The number of allylic oxidation sites excluding steroid dienone is 1. The van der Waals surface area contributed by atoms with Crippen LogP contribution in [0.4, 0.5) is 14.5 Å². The van der Waals surface area contributed by atoms with E-state index in [4.69, 9.17) is 0 Å². The van der Waals surface area contributed by atoms with E-state index in [0.717, 1.165) is 37.1 Å². The molecule has 0 radical (unpaired) electrons. The van der Waals surface area contributed by atoms with Gasteiger partial charge in [0.15, 0.2) is 0 Å². The highest BCUT2D eigenvalue weighted by atomic mass is 19.1. The van der Waals surface area contributed by atoms with Crippen LogP contribution in [-0.4, -0.2) is 90.0 Å². The van der Waals surface area contributed by atoms with Gasteiger partial charge in [-0.25, -0.2) is 13.8 Å². The molecule has 0 spiro atoms. The fourth-order valence-electron chi connectivity index (χ4n) is 7.71. The van der Waals surface area contributed by atoms with Gasteiger partial charge in [-0.05, 0) is 125 Å². The van der Waals surface area contributed by atoms with Crippen molar-refractivity contribution in [2.75, 3.05) is 38.1 Å². The topological polar surface area (TPSA) is 97.9 Å². The second kappa shape index (κ2) is 15.1. The quantitative estimate of drug-likeness (QED) is 0.263. The van der Waals surface area contributed by atoms with Gasteiger partial charge in [-0.3, -0.25) is 14.4 Å². The van der Waals surface area contributed by atoms with E-state index in [1.165, 1.54) is 67.0 Å². The van der Waals surface area contributed by atoms with E-state index >= 15 is 0 Å². The number of pyridine rings is 1. The number of carbonyl (C=O) groups is 3. The molecule has 4 aliphatic rings. The molecule has 2 N–H and O–H groups in total. The summed E-state index contributed by atoms with van der Waals surface area (Å²) in [5.74, 6) is -1.39. The van der Waals surface area contributed by atoms with Crippen LogP contribution in [0.15, 0.2) is 54.6 Å². The van der Waals surface area contributed by atoms with Crippen molar-refractivity contribution in [1.29, 1.82) is 0 Å². The molecule has 270 valence electrons. The maximum atomic E-state index is 14.8. The zero-order valence-electron chi connectivity index (χ0n) is 29.5. The number of rotatable bonds is 11. The van der Waals surface area contributed by atoms with Crippen LogP contribution in [0, 0.1) is 11.7 Å². The molecule has 2 aromatic carbocycles. The van der Waals surface area contributed by atoms with Gasteiger partial charge in [0.1, 0.15) is 23.7 Å². The Morgan fingerprint density at radius 3 is 2.49 bits per heavy atom. The third kappa shape index (κ3) is 8.08. The number of aromatic nitrogens is 1. The minimum atomic E-state index is -1.35. The predicted octanol–water partition coefficient (Wildman–Crippen LogP) is 5.80. The Labute approximate surface area is 298 Å². The normalized spacial score (nSPS) is 22.2. The van der Waals surface area contributed by atoms with Crippen molar-refractivity contribution in [3.63, 3.8) is 0 Å². The summed E-state index contributed by atoms with van der Waals surface area (Å²) < 4.78 is 28.3. The highest BCUT2D eigenvalue weighted by Crippen LogP contribution is 2.37. The number of alkyl halides is 1. The van der Waals surface area contributed by atoms with Crippen molar-refractivity contribution >= 4 is 40.4 Å². The summed E-state index contributed by atoms with van der Waals surface area (Å²) in [7, 11) is 2.19. The van der Waals surface area contributed by atoms with Gasteiger partial charge in [0, 0.05) is 29.6 Å². The number of piperidine rings is 1. The molecule has 9 nitrogen and oxygen atoms in total. The molecule has 3 aromatic rings. The molecule has 11 heteroatoms. The Bertz CT molecular complexity index is 1800. The molecule has 2 aliphatic heterocycles. The molecule has 2 aliphatic carbocycles. The number of anilines is 1. The van der Waals surface area contributed by atoms with Crippen molar-refractivity contribution in [3.8, 4) is 0 Å². The summed E-state index contributed by atoms with van der Waals surface area (Å²) in [5.41, 5.74) is 3.79. The SMILES string of the molecule is C[C@@H](NC(=O)[C@@H]1C[C@@H](F)CN1C(=O)CNC(=O)c1ccc2cc(F)ccc2n1)c1ccc(N(C2CCC2)C2CCN(C)CC2)cc1/C=C/C1CC1. The van der Waals surface area contributed by atoms with Crippen molar-refractivity contribution in [2.45, 2.75) is 88.6 Å². The number of nitrogens with zero attached hydrogens (tertiary/aromatic N) is 4. The van der Waals surface area contributed by atoms with Crippen molar-refractivity contribution in [2.24, 2.45) is 5.92 Å². The number of halogens is 2. The molecule has 2 saturated carbocycles. The highest BCUT2D eigenvalue weighted by molar-refractivity contribution is 5.97. The first-order valence-corrected chi connectivity index (χ1v) is 18.5. The number of likely N-dealkylation sites (tertiary alicyclic amines) is 2. The van der Waals surface area contributed by atoms with Crippen molar-refractivity contribution in [1.82, 2.24) is 25.4 Å². The van der Waals surface area contributed by atoms with Crippen LogP contribution in [0.3, 0.4) is 0 Å². The van der Waals surface area contributed by atoms with E-state index in [-0.39, 0.29) is 24.7 Å². The molecule has 2 saturated heterocycles. The number of hydrogen-bond donors (Lipinski definition) is 2. The van der Waals surface area contributed by atoms with Gasteiger partial charge in [0.05, 0.1) is 24.6 Å². The van der Waals surface area contributed by atoms with E-state index in [1.807, 2.05) is 6.92 Å². The minimum Gasteiger partial charge on any atom is -0.365 e. The van der Waals surface area contributed by atoms with E-state index in [9.17, 15) is 23.2 Å². The minimum absolute atomic E-state index is 0.0644. The maximum Gasteiger partial charge on any atom is 0.270 e. The van der Waals surface area contributed by atoms with E-state index in [0.29, 0.717) is 28.9 Å². The van der Waals surface area contributed by atoms with Crippen LogP contribution < -0.4 is 15.5 Å². The summed E-state index contributed by atoms with van der Waals surface area (Å²) in [5, 5.41) is 6.18. The fraction of sp³-hybridized carbons (Fsp3) is 0.500. The average Bonchev–Trinajstić information content (AvgIpc) is 3.85. The summed E-state index contributed by atoms with van der Waals surface area (Å²) in [4.78, 5) is 50.4. The van der Waals surface area contributed by atoms with Crippen LogP contribution in [0.2, 0.25) is 0 Å². The van der Waals surface area contributed by atoms with Crippen LogP contribution in [0.1, 0.15) is 85.9 Å². The van der Waals surface area contributed by atoms with Gasteiger partial charge in [-0.1, -0.05) is 24.3 Å². The van der Waals surface area contributed by atoms with E-state index in [1.54, 1.807) is 6.07 Å². The first-order valence-electron chi connectivity index (χ1n) is 18.5. The predicted molar refractivity (Wildman–Crippen MR) is 194 cm³/mol. The standard InChI is InChI=1S/C40H48F2N6O3/c1-25(34-13-12-33(21-27(34)9-8-26-6-7-26)48(31-4-3-5-31)32-16-18-46(2)19-17-32)44-40(51)37-22-30(42)24-47(37)38(49)23-43-39(50)36-14-10-28-20-29(41)11-15-35(28)45-36/h8-15,20-21,25-26,30-32,37H,3-7,16-19,22-24H2,1-2H3,(H,43,50)(H,44,51)/b9-8+/t25-,30-,37+/m1/s1. The molecular formula is C40H48F2N6O3. The first-order chi connectivity index (χ1) is 24.6. The number of benzene rings is 2. The molecular weight excluding hydrogens is 650 g/mol. The zero-order valence-corrected chi connectivity index (χ0v) is 29.5. The number of carbonyl (C=O) groups excluding carboxylic acids is 3. The Balaban J connectivity index is 1.03. The van der Waals surface area contributed by atoms with E-state index in [2.05, 4.69) is 62.8 Å². The third-order valence-electron chi connectivity index (χ3n) is 11.1. The molecule has 3 amide bonds. The lowest BCUT2D eigenvalue weighted by Crippen LogP contribution is -2.51. The largest absolute Gasteiger partial charge is 0.365 e. The molecule has 4 fully saturated rings. The second-order valence-corrected chi connectivity index (χ2v) is 14.9. The lowest BCUT2D eigenvalue weighted by Gasteiger charge is -2.47. The Hall–Kier alpha value is -4.38. The Kier molecular flexibility index (Phi) is 10.4. The lowest BCUT2D eigenvalue weighted by molar-refractivity contribution is -0.138. The van der Waals surface area contributed by atoms with Crippen molar-refractivity contribution in [3.05, 3.63) is 77.2 Å². The third-order valence-corrected chi connectivity index (χ3v) is 11.1. The maximum absolute atomic E-state index is 14.8. The second-order valence-electron chi connectivity index (χ2n) is 14.9. The van der Waals surface area contributed by atoms with Gasteiger partial charge >= 0.3 is 0 Å². The molecule has 1 aromatic heterocycles. The summed E-state index contributed by atoms with van der Waals surface area (Å²) in [6.45, 7) is 3.49. The van der Waals surface area contributed by atoms with Gasteiger partial charge in [-0.15, -0.1) is 0 Å². The van der Waals surface area contributed by atoms with E-state index < -0.39 is 42.3 Å². The first kappa shape index (κ1) is 35.0. The van der Waals surface area contributed by atoms with Crippen molar-refractivity contribution < 1.29 is 23.2 Å². The number of amides is 3. The molecule has 0 bridgehead atoms. The fourth-order valence-corrected chi connectivity index (χ4v) is 7.71. The Morgan fingerprint density at radius 2 is 1.76 bits per heavy atom.